The summed E-state index contributed by atoms with van der Waals surface area (Å²) >= 11 is 5.65. The fourth-order valence-corrected chi connectivity index (χ4v) is 1.80. The van der Waals surface area contributed by atoms with E-state index in [0.717, 1.165) is 6.07 Å². The lowest BCUT2D eigenvalue weighted by Crippen LogP contribution is -1.96. The molecule has 0 unspecified atom stereocenters. The highest BCUT2D eigenvalue weighted by molar-refractivity contribution is 6.36. The van der Waals surface area contributed by atoms with Crippen molar-refractivity contribution in [2.45, 2.75) is 6.92 Å². The lowest BCUT2D eigenvalue weighted by molar-refractivity contribution is -0.392. The molecule has 1 aromatic heterocycles. The van der Waals surface area contributed by atoms with Gasteiger partial charge in [0.1, 0.15) is 5.82 Å². The molecule has 1 N–H and O–H groups in total. The van der Waals surface area contributed by atoms with E-state index in [0.29, 0.717) is 5.82 Å². The molecule has 1 heterocycles. The second-order valence-corrected chi connectivity index (χ2v) is 3.67. The van der Waals surface area contributed by atoms with Crippen molar-refractivity contribution in [1.29, 1.82) is 0 Å². The van der Waals surface area contributed by atoms with Gasteiger partial charge in [-0.25, -0.2) is 4.98 Å². The summed E-state index contributed by atoms with van der Waals surface area (Å²) in [5.74, 6) is 0.416. The van der Waals surface area contributed by atoms with E-state index in [-0.39, 0.29) is 11.0 Å². The zero-order valence-electron chi connectivity index (χ0n) is 8.43. The third-order valence-corrected chi connectivity index (χ3v) is 2.54. The average Bonchev–Trinajstić information content (AvgIpc) is 2.55. The van der Waals surface area contributed by atoms with Crippen molar-refractivity contribution in [1.82, 2.24) is 9.97 Å². The maximum atomic E-state index is 10.9. The SMILES string of the molecule is Cc1nc2c([N+](=O)[O-])c(Cl)c([N+](=O)[O-])cc2[nH]1. The molecule has 0 saturated heterocycles. The Morgan fingerprint density at radius 2 is 2.00 bits per heavy atom. The minimum atomic E-state index is -0.780. The zero-order valence-corrected chi connectivity index (χ0v) is 9.19. The molecule has 8 nitrogen and oxygen atoms in total. The summed E-state index contributed by atoms with van der Waals surface area (Å²) in [5.41, 5.74) is -0.844. The van der Waals surface area contributed by atoms with Crippen LogP contribution < -0.4 is 0 Å². The molecule has 0 spiro atoms. The van der Waals surface area contributed by atoms with Gasteiger partial charge in [-0.3, -0.25) is 20.2 Å². The number of aromatic nitrogens is 2. The number of benzene rings is 1. The predicted octanol–water partition coefficient (Wildman–Crippen LogP) is 2.34. The maximum Gasteiger partial charge on any atom is 0.322 e. The molecular weight excluding hydrogens is 252 g/mol. The molecule has 1 aromatic carbocycles. The van der Waals surface area contributed by atoms with Gasteiger partial charge in [-0.1, -0.05) is 11.6 Å². The molecule has 0 amide bonds. The van der Waals surface area contributed by atoms with Crippen LogP contribution in [0.1, 0.15) is 5.82 Å². The van der Waals surface area contributed by atoms with Gasteiger partial charge in [0.05, 0.1) is 15.4 Å². The number of H-pyrrole nitrogens is 1. The van der Waals surface area contributed by atoms with Crippen molar-refractivity contribution in [2.75, 3.05) is 0 Å². The van der Waals surface area contributed by atoms with Crippen molar-refractivity contribution in [3.63, 3.8) is 0 Å². The lowest BCUT2D eigenvalue weighted by atomic mass is 10.2. The van der Waals surface area contributed by atoms with Crippen LogP contribution in [0, 0.1) is 27.2 Å². The van der Waals surface area contributed by atoms with Crippen LogP contribution in [-0.4, -0.2) is 19.8 Å². The summed E-state index contributed by atoms with van der Waals surface area (Å²) in [6.07, 6.45) is 0. The van der Waals surface area contributed by atoms with Crippen LogP contribution in [-0.2, 0) is 0 Å². The van der Waals surface area contributed by atoms with Crippen LogP contribution in [0.5, 0.6) is 0 Å². The van der Waals surface area contributed by atoms with Gasteiger partial charge in [0.25, 0.3) is 5.69 Å². The quantitative estimate of drug-likeness (QED) is 0.654. The first kappa shape index (κ1) is 11.3. The molecule has 2 aromatic rings. The minimum Gasteiger partial charge on any atom is -0.342 e. The fraction of sp³-hybridized carbons (Fsp3) is 0.125. The Bertz CT molecular complexity index is 651. The van der Waals surface area contributed by atoms with E-state index >= 15 is 0 Å². The van der Waals surface area contributed by atoms with Crippen molar-refractivity contribution in [2.24, 2.45) is 0 Å². The highest BCUT2D eigenvalue weighted by Gasteiger charge is 2.29. The summed E-state index contributed by atoms with van der Waals surface area (Å²) in [6, 6.07) is 1.13. The number of nitro benzene ring substituents is 2. The number of imidazole rings is 1. The van der Waals surface area contributed by atoms with Gasteiger partial charge in [-0.15, -0.1) is 0 Å². The van der Waals surface area contributed by atoms with E-state index in [2.05, 4.69) is 9.97 Å². The smallest absolute Gasteiger partial charge is 0.322 e. The van der Waals surface area contributed by atoms with Gasteiger partial charge in [-0.2, -0.15) is 0 Å². The molecule has 0 aliphatic heterocycles. The number of halogens is 1. The number of hydrogen-bond donors (Lipinski definition) is 1. The van der Waals surface area contributed by atoms with E-state index in [4.69, 9.17) is 11.6 Å². The van der Waals surface area contributed by atoms with Crippen LogP contribution >= 0.6 is 11.6 Å². The molecule has 9 heteroatoms. The number of aryl methyl sites for hydroxylation is 1. The topological polar surface area (TPSA) is 115 Å². The molecular formula is C8H5ClN4O4. The lowest BCUT2D eigenvalue weighted by Gasteiger charge is -1.97. The molecule has 0 bridgehead atoms. The second-order valence-electron chi connectivity index (χ2n) is 3.29. The third-order valence-electron chi connectivity index (χ3n) is 2.17. The molecule has 0 fully saturated rings. The van der Waals surface area contributed by atoms with Crippen LogP contribution in [0.3, 0.4) is 0 Å². The molecule has 17 heavy (non-hydrogen) atoms. The van der Waals surface area contributed by atoms with Crippen LogP contribution in [0.25, 0.3) is 11.0 Å². The van der Waals surface area contributed by atoms with Crippen LogP contribution in [0.4, 0.5) is 11.4 Å². The molecule has 88 valence electrons. The molecule has 0 radical (unpaired) electrons. The summed E-state index contributed by atoms with van der Waals surface area (Å²) in [5, 5.41) is 21.1. The van der Waals surface area contributed by atoms with E-state index in [9.17, 15) is 20.2 Å². The Labute approximate surface area is 98.5 Å². The van der Waals surface area contributed by atoms with E-state index in [1.807, 2.05) is 0 Å². The van der Waals surface area contributed by atoms with Gasteiger partial charge >= 0.3 is 5.69 Å². The van der Waals surface area contributed by atoms with Crippen LogP contribution in [0.15, 0.2) is 6.07 Å². The fourth-order valence-electron chi connectivity index (χ4n) is 1.52. The van der Waals surface area contributed by atoms with Gasteiger partial charge in [0.2, 0.25) is 0 Å². The van der Waals surface area contributed by atoms with Gasteiger partial charge in [0, 0.05) is 6.07 Å². The molecule has 0 saturated carbocycles. The standard InChI is InChI=1S/C8H5ClN4O4/c1-3-10-4-2-5(12(14)15)6(9)8(13(16)17)7(4)11-3/h2H,1H3,(H,10,11). The average molecular weight is 257 g/mol. The first-order valence-electron chi connectivity index (χ1n) is 4.39. The summed E-state index contributed by atoms with van der Waals surface area (Å²) in [7, 11) is 0. The van der Waals surface area contributed by atoms with Crippen LogP contribution in [0.2, 0.25) is 5.02 Å². The van der Waals surface area contributed by atoms with Gasteiger partial charge in [-0.05, 0) is 6.92 Å². The van der Waals surface area contributed by atoms with Crippen molar-refractivity contribution in [3.8, 4) is 0 Å². The first-order chi connectivity index (χ1) is 7.91. The summed E-state index contributed by atoms with van der Waals surface area (Å²) < 4.78 is 0. The number of fused-ring (bicyclic) bond motifs is 1. The number of nitro groups is 2. The largest absolute Gasteiger partial charge is 0.342 e. The first-order valence-corrected chi connectivity index (χ1v) is 4.77. The summed E-state index contributed by atoms with van der Waals surface area (Å²) in [6.45, 7) is 1.59. The summed E-state index contributed by atoms with van der Waals surface area (Å²) in [4.78, 5) is 26.6. The second kappa shape index (κ2) is 3.67. The number of rotatable bonds is 2. The van der Waals surface area contributed by atoms with E-state index in [1.165, 1.54) is 0 Å². The highest BCUT2D eigenvalue weighted by atomic mass is 35.5. The third kappa shape index (κ3) is 1.68. The molecule has 0 atom stereocenters. The van der Waals surface area contributed by atoms with Crippen molar-refractivity contribution in [3.05, 3.63) is 37.1 Å². The van der Waals surface area contributed by atoms with Gasteiger partial charge < -0.3 is 4.98 Å². The van der Waals surface area contributed by atoms with Crippen molar-refractivity contribution < 1.29 is 9.85 Å². The van der Waals surface area contributed by atoms with Gasteiger partial charge in [0.15, 0.2) is 10.5 Å². The number of nitrogens with one attached hydrogen (secondary N) is 1. The number of nitrogens with zero attached hydrogens (tertiary/aromatic N) is 3. The molecule has 0 aliphatic rings. The zero-order chi connectivity index (χ0) is 12.7. The number of hydrogen-bond acceptors (Lipinski definition) is 5. The highest BCUT2D eigenvalue weighted by Crippen LogP contribution is 2.39. The Balaban J connectivity index is 2.94. The van der Waals surface area contributed by atoms with Crippen molar-refractivity contribution >= 4 is 34.0 Å². The Kier molecular flexibility index (Phi) is 2.43. The Morgan fingerprint density at radius 3 is 2.53 bits per heavy atom. The Morgan fingerprint density at radius 1 is 1.35 bits per heavy atom. The normalized spacial score (nSPS) is 10.7. The van der Waals surface area contributed by atoms with E-state index in [1.54, 1.807) is 6.92 Å². The maximum absolute atomic E-state index is 10.9. The number of aromatic amines is 1. The Hall–Kier alpha value is -2.22. The molecule has 2 rings (SSSR count). The monoisotopic (exact) mass is 256 g/mol. The molecule has 0 aliphatic carbocycles. The minimum absolute atomic E-state index is 0.0168. The predicted molar refractivity (Wildman–Crippen MR) is 59.1 cm³/mol. The van der Waals surface area contributed by atoms with E-state index < -0.39 is 26.2 Å².